The molecule has 1 aromatic heterocycles. The van der Waals surface area contributed by atoms with E-state index in [-0.39, 0.29) is 17.7 Å². The molecule has 26 heavy (non-hydrogen) atoms. The summed E-state index contributed by atoms with van der Waals surface area (Å²) in [4.78, 5) is 31.2. The predicted molar refractivity (Wildman–Crippen MR) is 103 cm³/mol. The Morgan fingerprint density at radius 3 is 2.42 bits per heavy atom. The fourth-order valence-electron chi connectivity index (χ4n) is 2.61. The van der Waals surface area contributed by atoms with E-state index < -0.39 is 6.04 Å². The van der Waals surface area contributed by atoms with Crippen LogP contribution in [0.4, 0.5) is 0 Å². The van der Waals surface area contributed by atoms with E-state index in [1.165, 1.54) is 0 Å². The second-order valence-electron chi connectivity index (χ2n) is 6.68. The monoisotopic (exact) mass is 373 g/mol. The number of aromatic nitrogens is 1. The number of carbonyl (C=O) groups excluding carboxylic acids is 2. The van der Waals surface area contributed by atoms with Gasteiger partial charge in [0.05, 0.1) is 12.2 Å². The van der Waals surface area contributed by atoms with Crippen molar-refractivity contribution in [2.24, 2.45) is 5.92 Å². The van der Waals surface area contributed by atoms with E-state index in [0.717, 1.165) is 5.69 Å². The highest BCUT2D eigenvalue weighted by Crippen LogP contribution is 2.13. The van der Waals surface area contributed by atoms with Crippen molar-refractivity contribution < 1.29 is 9.59 Å². The molecule has 5 nitrogen and oxygen atoms in total. The number of nitrogens with zero attached hydrogens (tertiary/aromatic N) is 2. The quantitative estimate of drug-likeness (QED) is 0.807. The molecule has 0 aliphatic heterocycles. The third kappa shape index (κ3) is 5.85. The van der Waals surface area contributed by atoms with Gasteiger partial charge in [-0.2, -0.15) is 0 Å². The summed E-state index contributed by atoms with van der Waals surface area (Å²) in [6.45, 7) is 4.44. The molecule has 2 amide bonds. The van der Waals surface area contributed by atoms with Gasteiger partial charge in [-0.3, -0.25) is 14.6 Å². The van der Waals surface area contributed by atoms with Crippen LogP contribution in [0.2, 0.25) is 5.02 Å². The van der Waals surface area contributed by atoms with Gasteiger partial charge >= 0.3 is 0 Å². The number of benzene rings is 1. The highest BCUT2D eigenvalue weighted by molar-refractivity contribution is 6.30. The lowest BCUT2D eigenvalue weighted by Crippen LogP contribution is -2.47. The molecule has 0 saturated carbocycles. The van der Waals surface area contributed by atoms with Gasteiger partial charge in [0, 0.05) is 23.8 Å². The number of carbonyl (C=O) groups is 2. The second kappa shape index (κ2) is 9.34. The maximum atomic E-state index is 12.9. The van der Waals surface area contributed by atoms with E-state index in [1.807, 2.05) is 32.0 Å². The van der Waals surface area contributed by atoms with Gasteiger partial charge in [-0.05, 0) is 48.7 Å². The smallest absolute Gasteiger partial charge is 0.251 e. The third-order valence-electron chi connectivity index (χ3n) is 3.92. The standard InChI is InChI=1S/C20H24ClN3O2/c1-14(2)12-18(23-19(25)15-7-9-16(21)10-8-15)20(26)24(3)13-17-6-4-5-11-22-17/h4-11,14,18H,12-13H2,1-3H3,(H,23,25). The summed E-state index contributed by atoms with van der Waals surface area (Å²) in [6, 6.07) is 11.6. The Morgan fingerprint density at radius 2 is 1.85 bits per heavy atom. The van der Waals surface area contributed by atoms with Crippen molar-refractivity contribution in [3.63, 3.8) is 0 Å². The molecule has 1 unspecified atom stereocenters. The first kappa shape index (κ1) is 19.9. The number of rotatable bonds is 7. The molecule has 6 heteroatoms. The summed E-state index contributed by atoms with van der Waals surface area (Å²) >= 11 is 5.86. The lowest BCUT2D eigenvalue weighted by atomic mass is 10.0. The first-order valence-corrected chi connectivity index (χ1v) is 8.96. The Morgan fingerprint density at radius 1 is 1.15 bits per heavy atom. The fourth-order valence-corrected chi connectivity index (χ4v) is 2.74. The molecule has 0 bridgehead atoms. The molecule has 0 radical (unpaired) electrons. The Bertz CT molecular complexity index is 732. The Hall–Kier alpha value is -2.40. The van der Waals surface area contributed by atoms with Crippen LogP contribution in [0.3, 0.4) is 0 Å². The van der Waals surface area contributed by atoms with E-state index in [0.29, 0.717) is 23.6 Å². The van der Waals surface area contributed by atoms with Gasteiger partial charge in [-0.25, -0.2) is 0 Å². The van der Waals surface area contributed by atoms with Crippen LogP contribution in [0.5, 0.6) is 0 Å². The number of pyridine rings is 1. The molecule has 0 fully saturated rings. The van der Waals surface area contributed by atoms with Crippen molar-refractivity contribution in [2.75, 3.05) is 7.05 Å². The van der Waals surface area contributed by atoms with Crippen LogP contribution < -0.4 is 5.32 Å². The topological polar surface area (TPSA) is 62.3 Å². The summed E-state index contributed by atoms with van der Waals surface area (Å²) in [5, 5.41) is 3.42. The van der Waals surface area contributed by atoms with Crippen LogP contribution in [0.25, 0.3) is 0 Å². The average Bonchev–Trinajstić information content (AvgIpc) is 2.61. The maximum Gasteiger partial charge on any atom is 0.251 e. The first-order valence-electron chi connectivity index (χ1n) is 8.58. The molecule has 1 atom stereocenters. The Labute approximate surface area is 159 Å². The number of halogens is 1. The molecule has 2 aromatic rings. The number of likely N-dealkylation sites (N-methyl/N-ethyl adjacent to an activating group) is 1. The van der Waals surface area contributed by atoms with Crippen LogP contribution in [-0.2, 0) is 11.3 Å². The van der Waals surface area contributed by atoms with Crippen LogP contribution in [0, 0.1) is 5.92 Å². The van der Waals surface area contributed by atoms with Crippen molar-refractivity contribution in [2.45, 2.75) is 32.9 Å². The molecular weight excluding hydrogens is 350 g/mol. The summed E-state index contributed by atoms with van der Waals surface area (Å²) in [5.74, 6) is -0.156. The molecule has 0 aliphatic carbocycles. The molecule has 138 valence electrons. The van der Waals surface area contributed by atoms with Gasteiger partial charge in [0.15, 0.2) is 0 Å². The largest absolute Gasteiger partial charge is 0.340 e. The van der Waals surface area contributed by atoms with Crippen LogP contribution >= 0.6 is 11.6 Å². The Balaban J connectivity index is 2.08. The van der Waals surface area contributed by atoms with Crippen LogP contribution in [-0.4, -0.2) is 34.8 Å². The van der Waals surface area contributed by atoms with Gasteiger partial charge in [-0.15, -0.1) is 0 Å². The zero-order valence-corrected chi connectivity index (χ0v) is 16.0. The normalized spacial score (nSPS) is 11.9. The summed E-state index contributed by atoms with van der Waals surface area (Å²) in [6.07, 6.45) is 2.26. The molecule has 1 heterocycles. The van der Waals surface area contributed by atoms with Crippen LogP contribution in [0.1, 0.15) is 36.3 Å². The lowest BCUT2D eigenvalue weighted by Gasteiger charge is -2.25. The highest BCUT2D eigenvalue weighted by atomic mass is 35.5. The summed E-state index contributed by atoms with van der Waals surface area (Å²) < 4.78 is 0. The van der Waals surface area contributed by atoms with E-state index in [4.69, 9.17) is 11.6 Å². The van der Waals surface area contributed by atoms with E-state index in [1.54, 1.807) is 42.4 Å². The van der Waals surface area contributed by atoms with E-state index in [9.17, 15) is 9.59 Å². The van der Waals surface area contributed by atoms with E-state index >= 15 is 0 Å². The Kier molecular flexibility index (Phi) is 7.16. The van der Waals surface area contributed by atoms with Gasteiger partial charge in [-0.1, -0.05) is 31.5 Å². The molecule has 1 aromatic carbocycles. The number of amides is 2. The molecule has 2 rings (SSSR count). The van der Waals surface area contributed by atoms with E-state index in [2.05, 4.69) is 10.3 Å². The number of hydrogen-bond donors (Lipinski definition) is 1. The predicted octanol–water partition coefficient (Wildman–Crippen LogP) is 3.54. The molecule has 0 aliphatic rings. The SMILES string of the molecule is CC(C)CC(NC(=O)c1ccc(Cl)cc1)C(=O)N(C)Cc1ccccn1. The number of hydrogen-bond acceptors (Lipinski definition) is 3. The van der Waals surface area contributed by atoms with Crippen molar-refractivity contribution in [1.82, 2.24) is 15.2 Å². The zero-order chi connectivity index (χ0) is 19.1. The number of nitrogens with one attached hydrogen (secondary N) is 1. The minimum atomic E-state index is -0.591. The lowest BCUT2D eigenvalue weighted by molar-refractivity contribution is -0.132. The van der Waals surface area contributed by atoms with Crippen molar-refractivity contribution >= 4 is 23.4 Å². The molecule has 0 saturated heterocycles. The molecule has 1 N–H and O–H groups in total. The van der Waals surface area contributed by atoms with Crippen molar-refractivity contribution in [3.05, 3.63) is 64.9 Å². The highest BCUT2D eigenvalue weighted by Gasteiger charge is 2.25. The second-order valence-corrected chi connectivity index (χ2v) is 7.11. The molecule has 0 spiro atoms. The van der Waals surface area contributed by atoms with Gasteiger partial charge < -0.3 is 10.2 Å². The third-order valence-corrected chi connectivity index (χ3v) is 4.17. The first-order chi connectivity index (χ1) is 12.4. The maximum absolute atomic E-state index is 12.9. The summed E-state index contributed by atoms with van der Waals surface area (Å²) in [5.41, 5.74) is 1.28. The van der Waals surface area contributed by atoms with Crippen LogP contribution in [0.15, 0.2) is 48.7 Å². The van der Waals surface area contributed by atoms with Gasteiger partial charge in [0.2, 0.25) is 5.91 Å². The van der Waals surface area contributed by atoms with Gasteiger partial charge in [0.1, 0.15) is 6.04 Å². The fraction of sp³-hybridized carbons (Fsp3) is 0.350. The zero-order valence-electron chi connectivity index (χ0n) is 15.3. The summed E-state index contributed by atoms with van der Waals surface area (Å²) in [7, 11) is 1.72. The van der Waals surface area contributed by atoms with Crippen molar-refractivity contribution in [1.29, 1.82) is 0 Å². The average molecular weight is 374 g/mol. The van der Waals surface area contributed by atoms with Gasteiger partial charge in [0.25, 0.3) is 5.91 Å². The van der Waals surface area contributed by atoms with Crippen molar-refractivity contribution in [3.8, 4) is 0 Å². The minimum absolute atomic E-state index is 0.133. The molecular formula is C20H24ClN3O2. The minimum Gasteiger partial charge on any atom is -0.340 e.